The third kappa shape index (κ3) is 6.33. The summed E-state index contributed by atoms with van der Waals surface area (Å²) in [5.41, 5.74) is 1.79. The van der Waals surface area contributed by atoms with Gasteiger partial charge in [-0.15, -0.1) is 24.0 Å². The van der Waals surface area contributed by atoms with Crippen LogP contribution in [0, 0.1) is 5.82 Å². The molecule has 7 heteroatoms. The number of rotatable bonds is 7. The van der Waals surface area contributed by atoms with Gasteiger partial charge in [-0.25, -0.2) is 14.4 Å². The van der Waals surface area contributed by atoms with E-state index in [9.17, 15) is 4.39 Å². The lowest BCUT2D eigenvalue weighted by molar-refractivity contribution is 0.610. The summed E-state index contributed by atoms with van der Waals surface area (Å²) in [4.78, 5) is 8.91. The molecule has 5 nitrogen and oxygen atoms in total. The predicted molar refractivity (Wildman–Crippen MR) is 121 cm³/mol. The van der Waals surface area contributed by atoms with Gasteiger partial charge in [0.25, 0.3) is 0 Å². The molecule has 1 heterocycles. The van der Waals surface area contributed by atoms with Crippen molar-refractivity contribution in [2.45, 2.75) is 26.6 Å². The monoisotopic (exact) mass is 493 g/mol. The molecular weight excluding hydrogens is 468 g/mol. The molecule has 148 valence electrons. The first-order chi connectivity index (χ1) is 13.3. The summed E-state index contributed by atoms with van der Waals surface area (Å²) in [6.45, 7) is 4.29. The van der Waals surface area contributed by atoms with Crippen LogP contribution in [0.1, 0.15) is 23.9 Å². The molecule has 28 heavy (non-hydrogen) atoms. The van der Waals surface area contributed by atoms with Crippen LogP contribution in [-0.4, -0.2) is 22.1 Å². The molecule has 0 unspecified atom stereocenters. The Hall–Kier alpha value is -2.42. The van der Waals surface area contributed by atoms with E-state index in [4.69, 9.17) is 0 Å². The lowest BCUT2D eigenvalue weighted by atomic mass is 10.2. The zero-order valence-corrected chi connectivity index (χ0v) is 18.1. The summed E-state index contributed by atoms with van der Waals surface area (Å²) in [6.07, 6.45) is 3.76. The van der Waals surface area contributed by atoms with Crippen LogP contribution in [0.25, 0.3) is 0 Å². The highest BCUT2D eigenvalue weighted by Gasteiger charge is 2.06. The molecule has 1 aromatic heterocycles. The fourth-order valence-electron chi connectivity index (χ4n) is 2.73. The molecule has 0 radical (unpaired) electrons. The van der Waals surface area contributed by atoms with E-state index in [0.717, 1.165) is 18.9 Å². The van der Waals surface area contributed by atoms with Gasteiger partial charge in [0.2, 0.25) is 0 Å². The van der Waals surface area contributed by atoms with Crippen molar-refractivity contribution in [2.24, 2.45) is 4.99 Å². The highest BCUT2D eigenvalue weighted by Crippen LogP contribution is 2.08. The summed E-state index contributed by atoms with van der Waals surface area (Å²) in [5.74, 6) is 1.31. The fraction of sp³-hybridized carbons (Fsp3) is 0.238. The summed E-state index contributed by atoms with van der Waals surface area (Å²) < 4.78 is 15.9. The van der Waals surface area contributed by atoms with Crippen molar-refractivity contribution in [3.63, 3.8) is 0 Å². The number of aromatic nitrogens is 2. The summed E-state index contributed by atoms with van der Waals surface area (Å²) >= 11 is 0. The van der Waals surface area contributed by atoms with Crippen LogP contribution in [0.3, 0.4) is 0 Å². The first kappa shape index (κ1) is 21.9. The van der Waals surface area contributed by atoms with Gasteiger partial charge in [-0.2, -0.15) is 0 Å². The maximum Gasteiger partial charge on any atom is 0.191 e. The zero-order chi connectivity index (χ0) is 18.9. The summed E-state index contributed by atoms with van der Waals surface area (Å²) in [7, 11) is 0. The SMILES string of the molecule is CCNC(=NCc1ccccc1F)NCc1nccn1Cc1ccccc1.I. The Morgan fingerprint density at radius 1 is 1.07 bits per heavy atom. The molecule has 3 rings (SSSR count). The average molecular weight is 493 g/mol. The third-order valence-electron chi connectivity index (χ3n) is 4.12. The lowest BCUT2D eigenvalue weighted by Crippen LogP contribution is -2.37. The smallest absolute Gasteiger partial charge is 0.191 e. The molecule has 0 amide bonds. The van der Waals surface area contributed by atoms with E-state index in [1.54, 1.807) is 18.3 Å². The predicted octanol–water partition coefficient (Wildman–Crippen LogP) is 3.94. The Labute approximate surface area is 182 Å². The van der Waals surface area contributed by atoms with E-state index in [2.05, 4.69) is 37.3 Å². The van der Waals surface area contributed by atoms with Gasteiger partial charge in [0.05, 0.1) is 13.1 Å². The van der Waals surface area contributed by atoms with Crippen LogP contribution in [-0.2, 0) is 19.6 Å². The Morgan fingerprint density at radius 3 is 2.57 bits per heavy atom. The van der Waals surface area contributed by atoms with Gasteiger partial charge >= 0.3 is 0 Å². The van der Waals surface area contributed by atoms with E-state index >= 15 is 0 Å². The molecule has 3 aromatic rings. The molecule has 0 aliphatic carbocycles. The van der Waals surface area contributed by atoms with E-state index in [0.29, 0.717) is 18.1 Å². The quantitative estimate of drug-likeness (QED) is 0.298. The zero-order valence-electron chi connectivity index (χ0n) is 15.8. The fourth-order valence-corrected chi connectivity index (χ4v) is 2.73. The molecule has 2 aromatic carbocycles. The first-order valence-electron chi connectivity index (χ1n) is 9.05. The topological polar surface area (TPSA) is 54.2 Å². The van der Waals surface area contributed by atoms with Crippen LogP contribution >= 0.6 is 24.0 Å². The second kappa shape index (κ2) is 11.4. The number of aliphatic imine (C=N–C) groups is 1. The van der Waals surface area contributed by atoms with Crippen LogP contribution < -0.4 is 10.6 Å². The standard InChI is InChI=1S/C21H24FN5.HI/c1-2-23-21(25-14-18-10-6-7-11-19(18)22)26-15-20-24-12-13-27(20)16-17-8-4-3-5-9-17;/h3-13H,2,14-16H2,1H3,(H2,23,25,26);1H. The highest BCUT2D eigenvalue weighted by molar-refractivity contribution is 14.0. The minimum Gasteiger partial charge on any atom is -0.357 e. The van der Waals surface area contributed by atoms with Gasteiger partial charge in [-0.1, -0.05) is 48.5 Å². The largest absolute Gasteiger partial charge is 0.357 e. The van der Waals surface area contributed by atoms with Crippen LogP contribution in [0.2, 0.25) is 0 Å². The molecule has 0 fully saturated rings. The van der Waals surface area contributed by atoms with Gasteiger partial charge in [-0.05, 0) is 18.6 Å². The van der Waals surface area contributed by atoms with Gasteiger partial charge in [-0.3, -0.25) is 0 Å². The van der Waals surface area contributed by atoms with Crippen molar-refractivity contribution >= 4 is 29.9 Å². The number of halogens is 2. The molecule has 0 bridgehead atoms. The van der Waals surface area contributed by atoms with Crippen LogP contribution in [0.15, 0.2) is 72.0 Å². The second-order valence-electron chi connectivity index (χ2n) is 6.10. The lowest BCUT2D eigenvalue weighted by Gasteiger charge is -2.13. The van der Waals surface area contributed by atoms with Gasteiger partial charge < -0.3 is 15.2 Å². The number of guanidine groups is 1. The average Bonchev–Trinajstić information content (AvgIpc) is 3.13. The summed E-state index contributed by atoms with van der Waals surface area (Å²) in [5, 5.41) is 6.46. The number of benzene rings is 2. The number of nitrogens with zero attached hydrogens (tertiary/aromatic N) is 3. The Kier molecular flexibility index (Phi) is 8.93. The van der Waals surface area contributed by atoms with E-state index in [-0.39, 0.29) is 36.3 Å². The van der Waals surface area contributed by atoms with Gasteiger partial charge in [0.1, 0.15) is 11.6 Å². The van der Waals surface area contributed by atoms with E-state index < -0.39 is 0 Å². The molecule has 0 spiro atoms. The highest BCUT2D eigenvalue weighted by atomic mass is 127. The molecule has 0 aliphatic heterocycles. The van der Waals surface area contributed by atoms with Crippen LogP contribution in [0.4, 0.5) is 4.39 Å². The van der Waals surface area contributed by atoms with Crippen molar-refractivity contribution < 1.29 is 4.39 Å². The molecule has 0 saturated carbocycles. The first-order valence-corrected chi connectivity index (χ1v) is 9.05. The minimum absolute atomic E-state index is 0. The minimum atomic E-state index is -0.240. The van der Waals surface area contributed by atoms with E-state index in [1.807, 2.05) is 37.4 Å². The molecule has 0 atom stereocenters. The van der Waals surface area contributed by atoms with Crippen molar-refractivity contribution in [2.75, 3.05) is 6.54 Å². The maximum absolute atomic E-state index is 13.8. The number of imidazole rings is 1. The Morgan fingerprint density at radius 2 is 1.82 bits per heavy atom. The van der Waals surface area contributed by atoms with Crippen molar-refractivity contribution in [3.05, 3.63) is 89.8 Å². The van der Waals surface area contributed by atoms with Gasteiger partial charge in [0, 0.05) is 31.0 Å². The Balaban J connectivity index is 0.00000280. The normalized spacial score (nSPS) is 11.0. The maximum atomic E-state index is 13.8. The summed E-state index contributed by atoms with van der Waals surface area (Å²) in [6, 6.07) is 16.9. The number of nitrogens with one attached hydrogen (secondary N) is 2. The molecule has 0 saturated heterocycles. The molecule has 0 aliphatic rings. The number of hydrogen-bond donors (Lipinski definition) is 2. The second-order valence-corrected chi connectivity index (χ2v) is 6.10. The third-order valence-corrected chi connectivity index (χ3v) is 4.12. The van der Waals surface area contributed by atoms with Crippen molar-refractivity contribution in [3.8, 4) is 0 Å². The molecular formula is C21H25FIN5. The van der Waals surface area contributed by atoms with Gasteiger partial charge in [0.15, 0.2) is 5.96 Å². The van der Waals surface area contributed by atoms with E-state index in [1.165, 1.54) is 11.6 Å². The van der Waals surface area contributed by atoms with Crippen molar-refractivity contribution in [1.29, 1.82) is 0 Å². The number of hydrogen-bond acceptors (Lipinski definition) is 2. The van der Waals surface area contributed by atoms with Crippen LogP contribution in [0.5, 0.6) is 0 Å². The van der Waals surface area contributed by atoms with Crippen molar-refractivity contribution in [1.82, 2.24) is 20.2 Å². The molecule has 2 N–H and O–H groups in total. The Bertz CT molecular complexity index is 879.